The van der Waals surface area contributed by atoms with E-state index in [0.717, 1.165) is 16.7 Å². The van der Waals surface area contributed by atoms with Crippen LogP contribution in [0.1, 0.15) is 37.0 Å². The minimum absolute atomic E-state index is 0.160. The van der Waals surface area contributed by atoms with Crippen LogP contribution in [-0.4, -0.2) is 42.7 Å². The van der Waals surface area contributed by atoms with Gasteiger partial charge in [0, 0.05) is 38.4 Å². The number of benzene rings is 2. The van der Waals surface area contributed by atoms with Gasteiger partial charge in [0.15, 0.2) is 0 Å². The van der Waals surface area contributed by atoms with Crippen LogP contribution in [0.4, 0.5) is 0 Å². The highest BCUT2D eigenvalue weighted by molar-refractivity contribution is 7.89. The Morgan fingerprint density at radius 1 is 0.944 bits per heavy atom. The van der Waals surface area contributed by atoms with Crippen molar-refractivity contribution in [2.24, 2.45) is 0 Å². The van der Waals surface area contributed by atoms with Gasteiger partial charge in [0.05, 0.1) is 4.90 Å². The Morgan fingerprint density at radius 2 is 1.64 bits per heavy atom. The molecule has 0 aliphatic heterocycles. The van der Waals surface area contributed by atoms with Crippen molar-refractivity contribution in [3.05, 3.63) is 95.8 Å². The fraction of sp³-hybridized carbons (Fsp3) is 0.296. The summed E-state index contributed by atoms with van der Waals surface area (Å²) in [6, 6.07) is 19.0. The van der Waals surface area contributed by atoms with Crippen LogP contribution in [0.2, 0.25) is 0 Å². The van der Waals surface area contributed by atoms with Crippen LogP contribution in [0.3, 0.4) is 0 Å². The molecule has 0 bridgehead atoms. The molecule has 36 heavy (non-hydrogen) atoms. The fourth-order valence-corrected chi connectivity index (χ4v) is 4.75. The van der Waals surface area contributed by atoms with E-state index in [9.17, 15) is 18.0 Å². The predicted octanol–water partition coefficient (Wildman–Crippen LogP) is 3.05. The molecule has 2 amide bonds. The van der Waals surface area contributed by atoms with Gasteiger partial charge in [-0.2, -0.15) is 0 Å². The monoisotopic (exact) mass is 508 g/mol. The third-order valence-corrected chi connectivity index (χ3v) is 7.31. The molecule has 9 heteroatoms. The summed E-state index contributed by atoms with van der Waals surface area (Å²) in [5.74, 6) is -0.409. The van der Waals surface area contributed by atoms with Gasteiger partial charge >= 0.3 is 0 Å². The lowest BCUT2D eigenvalue weighted by Crippen LogP contribution is -2.47. The van der Waals surface area contributed by atoms with Gasteiger partial charge in [-0.1, -0.05) is 55.5 Å². The lowest BCUT2D eigenvalue weighted by Gasteiger charge is -2.29. The Morgan fingerprint density at radius 3 is 2.28 bits per heavy atom. The van der Waals surface area contributed by atoms with Gasteiger partial charge in [-0.05, 0) is 48.2 Å². The Labute approximate surface area is 212 Å². The van der Waals surface area contributed by atoms with E-state index in [0.29, 0.717) is 26.1 Å². The zero-order valence-corrected chi connectivity index (χ0v) is 21.4. The summed E-state index contributed by atoms with van der Waals surface area (Å²) in [5, 5.41) is 2.89. The van der Waals surface area contributed by atoms with E-state index in [4.69, 9.17) is 0 Å². The van der Waals surface area contributed by atoms with E-state index in [1.54, 1.807) is 49.3 Å². The average Bonchev–Trinajstić information content (AvgIpc) is 2.90. The normalized spacial score (nSPS) is 12.1. The first-order chi connectivity index (χ1) is 17.3. The number of carbonyl (C=O) groups is 2. The number of pyridine rings is 1. The summed E-state index contributed by atoms with van der Waals surface area (Å²) in [5.41, 5.74) is 2.64. The van der Waals surface area contributed by atoms with Gasteiger partial charge in [-0.15, -0.1) is 0 Å². The van der Waals surface area contributed by atoms with Crippen LogP contribution in [0.15, 0.2) is 84.0 Å². The molecule has 1 heterocycles. The zero-order valence-electron chi connectivity index (χ0n) is 20.6. The minimum Gasteiger partial charge on any atom is -0.350 e. The average molecular weight is 509 g/mol. The molecule has 2 N–H and O–H groups in total. The highest BCUT2D eigenvalue weighted by Crippen LogP contribution is 2.15. The molecular weight excluding hydrogens is 476 g/mol. The largest absolute Gasteiger partial charge is 0.350 e. The lowest BCUT2D eigenvalue weighted by atomic mass is 10.1. The molecule has 0 saturated heterocycles. The SMILES string of the molecule is CCNS(=O)(=O)c1ccc(CCC(=O)N(Cc2ccccc2)[C@H](C)C(=O)NCc2cccnc2)cc1. The standard InChI is InChI=1S/C27H32N4O4S/c1-3-30-36(34,35)25-14-11-22(12-15-25)13-16-26(32)31(20-23-8-5-4-6-9-23)21(2)27(33)29-19-24-10-7-17-28-18-24/h4-12,14-15,17-18,21,30H,3,13,16,19-20H2,1-2H3,(H,29,33)/t21-/m1/s1. The molecule has 0 unspecified atom stereocenters. The molecule has 0 spiro atoms. The van der Waals surface area contributed by atoms with Gasteiger partial charge in [-0.25, -0.2) is 13.1 Å². The van der Waals surface area contributed by atoms with Crippen LogP contribution < -0.4 is 10.0 Å². The van der Waals surface area contributed by atoms with E-state index in [2.05, 4.69) is 15.0 Å². The van der Waals surface area contributed by atoms with Gasteiger partial charge < -0.3 is 10.2 Å². The number of hydrogen-bond acceptors (Lipinski definition) is 5. The van der Waals surface area contributed by atoms with E-state index >= 15 is 0 Å². The Balaban J connectivity index is 1.67. The molecule has 8 nitrogen and oxygen atoms in total. The Kier molecular flexibility index (Phi) is 9.72. The summed E-state index contributed by atoms with van der Waals surface area (Å²) >= 11 is 0. The maximum atomic E-state index is 13.3. The van der Waals surface area contributed by atoms with E-state index in [1.807, 2.05) is 36.4 Å². The molecule has 0 aliphatic carbocycles. The van der Waals surface area contributed by atoms with Crippen molar-refractivity contribution in [1.82, 2.24) is 19.9 Å². The first kappa shape index (κ1) is 27.0. The number of nitrogens with one attached hydrogen (secondary N) is 2. The topological polar surface area (TPSA) is 108 Å². The van der Waals surface area contributed by atoms with Crippen molar-refractivity contribution < 1.29 is 18.0 Å². The summed E-state index contributed by atoms with van der Waals surface area (Å²) in [7, 11) is -3.53. The third kappa shape index (κ3) is 7.73. The lowest BCUT2D eigenvalue weighted by molar-refractivity contribution is -0.140. The molecule has 190 valence electrons. The number of nitrogens with zero attached hydrogens (tertiary/aromatic N) is 2. The Hall–Kier alpha value is -3.56. The second kappa shape index (κ2) is 12.9. The van der Waals surface area contributed by atoms with Gasteiger partial charge in [0.25, 0.3) is 0 Å². The van der Waals surface area contributed by atoms with Crippen molar-refractivity contribution in [3.63, 3.8) is 0 Å². The minimum atomic E-state index is -3.53. The predicted molar refractivity (Wildman–Crippen MR) is 138 cm³/mol. The maximum Gasteiger partial charge on any atom is 0.242 e. The van der Waals surface area contributed by atoms with E-state index < -0.39 is 16.1 Å². The van der Waals surface area contributed by atoms with Crippen molar-refractivity contribution in [2.45, 2.75) is 50.7 Å². The highest BCUT2D eigenvalue weighted by atomic mass is 32.2. The third-order valence-electron chi connectivity index (χ3n) is 5.75. The summed E-state index contributed by atoms with van der Waals surface area (Å²) in [4.78, 5) is 32.0. The molecule has 2 aromatic carbocycles. The van der Waals surface area contributed by atoms with Crippen LogP contribution in [-0.2, 0) is 39.1 Å². The summed E-state index contributed by atoms with van der Waals surface area (Å²) in [6.07, 6.45) is 3.97. The first-order valence-electron chi connectivity index (χ1n) is 11.9. The summed E-state index contributed by atoms with van der Waals surface area (Å²) < 4.78 is 26.7. The first-order valence-corrected chi connectivity index (χ1v) is 13.4. The van der Waals surface area contributed by atoms with Crippen molar-refractivity contribution in [3.8, 4) is 0 Å². The summed E-state index contributed by atoms with van der Waals surface area (Å²) in [6.45, 7) is 4.38. The highest BCUT2D eigenvalue weighted by Gasteiger charge is 2.26. The number of amides is 2. The van der Waals surface area contributed by atoms with Crippen molar-refractivity contribution in [2.75, 3.05) is 6.54 Å². The number of aryl methyl sites for hydroxylation is 1. The second-order valence-corrected chi connectivity index (χ2v) is 10.2. The smallest absolute Gasteiger partial charge is 0.242 e. The molecule has 0 fully saturated rings. The van der Waals surface area contributed by atoms with Crippen LogP contribution in [0.25, 0.3) is 0 Å². The van der Waals surface area contributed by atoms with E-state index in [-0.39, 0.29) is 23.1 Å². The van der Waals surface area contributed by atoms with Gasteiger partial charge in [0.2, 0.25) is 21.8 Å². The molecule has 1 atom stereocenters. The maximum absolute atomic E-state index is 13.3. The van der Waals surface area contributed by atoms with Crippen LogP contribution in [0, 0.1) is 0 Å². The number of hydrogen-bond donors (Lipinski definition) is 2. The number of sulfonamides is 1. The molecule has 0 saturated carbocycles. The number of carbonyl (C=O) groups excluding carboxylic acids is 2. The number of aromatic nitrogens is 1. The van der Waals surface area contributed by atoms with Crippen molar-refractivity contribution >= 4 is 21.8 Å². The molecule has 3 aromatic rings. The van der Waals surface area contributed by atoms with Gasteiger partial charge in [-0.3, -0.25) is 14.6 Å². The quantitative estimate of drug-likeness (QED) is 0.391. The molecule has 0 aliphatic rings. The number of rotatable bonds is 12. The zero-order chi connectivity index (χ0) is 26.0. The fourth-order valence-electron chi connectivity index (χ4n) is 3.71. The molecule has 0 radical (unpaired) electrons. The molecule has 1 aromatic heterocycles. The van der Waals surface area contributed by atoms with Gasteiger partial charge in [0.1, 0.15) is 6.04 Å². The van der Waals surface area contributed by atoms with Crippen LogP contribution >= 0.6 is 0 Å². The Bertz CT molecular complexity index is 1230. The molecule has 3 rings (SSSR count). The molecular formula is C27H32N4O4S. The second-order valence-electron chi connectivity index (χ2n) is 8.41. The van der Waals surface area contributed by atoms with Crippen LogP contribution in [0.5, 0.6) is 0 Å². The van der Waals surface area contributed by atoms with E-state index in [1.165, 1.54) is 12.1 Å². The van der Waals surface area contributed by atoms with Crippen molar-refractivity contribution in [1.29, 1.82) is 0 Å².